The highest BCUT2D eigenvalue weighted by Gasteiger charge is 2.50. The highest BCUT2D eigenvalue weighted by molar-refractivity contribution is 9.09. The summed E-state index contributed by atoms with van der Waals surface area (Å²) in [6, 6.07) is 0.200. The lowest BCUT2D eigenvalue weighted by Crippen LogP contribution is -2.40. The van der Waals surface area contributed by atoms with Crippen molar-refractivity contribution in [1.29, 1.82) is 0 Å². The van der Waals surface area contributed by atoms with Gasteiger partial charge < -0.3 is 4.74 Å². The van der Waals surface area contributed by atoms with Gasteiger partial charge >= 0.3 is 5.97 Å². The minimum absolute atomic E-state index is 0.101. The molecular formula is C11H18BrNO3. The summed E-state index contributed by atoms with van der Waals surface area (Å²) in [6.07, 6.45) is 3.24. The normalized spacial score (nSPS) is 36.8. The number of fused-ring (bicyclic) bond motifs is 1. The molecule has 0 radical (unpaired) electrons. The maximum Gasteiger partial charge on any atom is 0.313 e. The third kappa shape index (κ3) is 2.13. The van der Waals surface area contributed by atoms with Gasteiger partial charge in [0.05, 0.1) is 13.2 Å². The van der Waals surface area contributed by atoms with E-state index in [1.165, 1.54) is 13.5 Å². The first-order valence-corrected chi connectivity index (χ1v) is 6.72. The second kappa shape index (κ2) is 5.02. The molecule has 0 aromatic carbocycles. The van der Waals surface area contributed by atoms with Crippen LogP contribution < -0.4 is 0 Å². The van der Waals surface area contributed by atoms with Gasteiger partial charge in [-0.2, -0.15) is 5.06 Å². The number of hydroxylamine groups is 2. The molecule has 0 amide bonds. The van der Waals surface area contributed by atoms with Crippen molar-refractivity contribution in [2.24, 2.45) is 5.92 Å². The summed E-state index contributed by atoms with van der Waals surface area (Å²) < 4.78 is 4.90. The zero-order valence-electron chi connectivity index (χ0n) is 9.69. The summed E-state index contributed by atoms with van der Waals surface area (Å²) in [6.45, 7) is 2.94. The lowest BCUT2D eigenvalue weighted by Gasteiger charge is -2.28. The van der Waals surface area contributed by atoms with Gasteiger partial charge in [-0.05, 0) is 12.8 Å². The van der Waals surface area contributed by atoms with Crippen molar-refractivity contribution in [2.45, 2.75) is 43.2 Å². The van der Waals surface area contributed by atoms with Crippen molar-refractivity contribution in [3.8, 4) is 0 Å². The van der Waals surface area contributed by atoms with E-state index in [0.717, 1.165) is 19.4 Å². The molecule has 2 rings (SSSR count). The predicted molar refractivity (Wildman–Crippen MR) is 63.1 cm³/mol. The summed E-state index contributed by atoms with van der Waals surface area (Å²) in [4.78, 5) is 17.8. The molecule has 4 nitrogen and oxygen atoms in total. The van der Waals surface area contributed by atoms with Gasteiger partial charge in [-0.3, -0.25) is 9.63 Å². The Morgan fingerprint density at radius 1 is 1.56 bits per heavy atom. The predicted octanol–water partition coefficient (Wildman–Crippen LogP) is 1.73. The van der Waals surface area contributed by atoms with E-state index in [-0.39, 0.29) is 28.9 Å². The molecule has 4 atom stereocenters. The molecule has 0 saturated carbocycles. The van der Waals surface area contributed by atoms with E-state index in [9.17, 15) is 4.79 Å². The topological polar surface area (TPSA) is 38.8 Å². The lowest BCUT2D eigenvalue weighted by molar-refractivity contribution is -0.170. The first-order valence-electron chi connectivity index (χ1n) is 5.80. The van der Waals surface area contributed by atoms with Crippen molar-refractivity contribution >= 4 is 21.9 Å². The van der Waals surface area contributed by atoms with Crippen LogP contribution in [0.2, 0.25) is 0 Å². The van der Waals surface area contributed by atoms with Crippen LogP contribution in [0.15, 0.2) is 0 Å². The minimum Gasteiger partial charge on any atom is -0.469 e. The quantitative estimate of drug-likeness (QED) is 0.574. The van der Waals surface area contributed by atoms with Crippen LogP contribution in [0, 0.1) is 5.92 Å². The van der Waals surface area contributed by atoms with Gasteiger partial charge in [-0.15, -0.1) is 0 Å². The number of piperidine rings is 1. The van der Waals surface area contributed by atoms with Crippen LogP contribution in [0.25, 0.3) is 0 Å². The number of nitrogens with zero attached hydrogens (tertiary/aromatic N) is 1. The van der Waals surface area contributed by atoms with Gasteiger partial charge in [0.15, 0.2) is 0 Å². The molecule has 0 bridgehead atoms. The summed E-state index contributed by atoms with van der Waals surface area (Å²) in [7, 11) is 1.45. The van der Waals surface area contributed by atoms with E-state index >= 15 is 0 Å². The molecule has 2 fully saturated rings. The van der Waals surface area contributed by atoms with E-state index in [4.69, 9.17) is 9.57 Å². The van der Waals surface area contributed by atoms with Gasteiger partial charge in [0.25, 0.3) is 0 Å². The number of hydrogen-bond donors (Lipinski definition) is 0. The van der Waals surface area contributed by atoms with Crippen molar-refractivity contribution < 1.29 is 14.4 Å². The SMILES string of the molecule is COC(=O)[C@H]1[C@H]([C@H](C)Br)ON2CCCC[C@H]12. The lowest BCUT2D eigenvalue weighted by atomic mass is 9.88. The van der Waals surface area contributed by atoms with Gasteiger partial charge in [-0.25, -0.2) is 0 Å². The first kappa shape index (κ1) is 12.3. The second-order valence-corrected chi connectivity index (χ2v) is 5.94. The number of methoxy groups -OCH3 is 1. The van der Waals surface area contributed by atoms with E-state index in [1.54, 1.807) is 0 Å². The Balaban J connectivity index is 2.17. The van der Waals surface area contributed by atoms with E-state index in [1.807, 2.05) is 12.0 Å². The largest absolute Gasteiger partial charge is 0.469 e. The van der Waals surface area contributed by atoms with Gasteiger partial charge in [-0.1, -0.05) is 29.3 Å². The number of carbonyl (C=O) groups excluding carboxylic acids is 1. The molecule has 5 heteroatoms. The van der Waals surface area contributed by atoms with Crippen LogP contribution in [-0.4, -0.2) is 41.7 Å². The molecule has 92 valence electrons. The number of esters is 1. The van der Waals surface area contributed by atoms with Gasteiger partial charge in [0.1, 0.15) is 12.0 Å². The Labute approximate surface area is 104 Å². The van der Waals surface area contributed by atoms with Crippen molar-refractivity contribution in [3.63, 3.8) is 0 Å². The summed E-state index contributed by atoms with van der Waals surface area (Å²) in [5, 5.41) is 1.98. The Morgan fingerprint density at radius 3 is 2.94 bits per heavy atom. The zero-order chi connectivity index (χ0) is 11.7. The second-order valence-electron chi connectivity index (χ2n) is 4.50. The van der Waals surface area contributed by atoms with Crippen LogP contribution in [0.1, 0.15) is 26.2 Å². The Hall–Kier alpha value is -0.130. The first-order chi connectivity index (χ1) is 7.65. The van der Waals surface area contributed by atoms with Crippen LogP contribution in [0.5, 0.6) is 0 Å². The highest BCUT2D eigenvalue weighted by Crippen LogP contribution is 2.37. The molecule has 0 spiro atoms. The molecule has 0 aliphatic carbocycles. The molecule has 0 unspecified atom stereocenters. The molecule has 0 aromatic rings. The van der Waals surface area contributed by atoms with Crippen molar-refractivity contribution in [2.75, 3.05) is 13.7 Å². The van der Waals surface area contributed by atoms with Gasteiger partial charge in [0, 0.05) is 11.4 Å². The maximum absolute atomic E-state index is 11.8. The number of hydrogen-bond acceptors (Lipinski definition) is 4. The number of alkyl halides is 1. The average Bonchev–Trinajstić information content (AvgIpc) is 2.67. The molecule has 0 aromatic heterocycles. The number of ether oxygens (including phenoxy) is 1. The molecular weight excluding hydrogens is 274 g/mol. The Kier molecular flexibility index (Phi) is 3.87. The Bertz CT molecular complexity index is 270. The van der Waals surface area contributed by atoms with E-state index in [0.29, 0.717) is 0 Å². The molecule has 16 heavy (non-hydrogen) atoms. The standard InChI is InChI=1S/C11H18BrNO3/c1-7(12)10-9(11(14)15-2)8-5-3-4-6-13(8)16-10/h7-10H,3-6H2,1-2H3/t7-,8+,9+,10-/m0/s1. The van der Waals surface area contributed by atoms with Gasteiger partial charge in [0.2, 0.25) is 0 Å². The third-order valence-corrected chi connectivity index (χ3v) is 3.97. The number of halogens is 1. The molecule has 2 aliphatic rings. The monoisotopic (exact) mass is 291 g/mol. The Morgan fingerprint density at radius 2 is 2.31 bits per heavy atom. The maximum atomic E-state index is 11.8. The van der Waals surface area contributed by atoms with E-state index < -0.39 is 0 Å². The highest BCUT2D eigenvalue weighted by atomic mass is 79.9. The van der Waals surface area contributed by atoms with Crippen LogP contribution in [-0.2, 0) is 14.4 Å². The smallest absolute Gasteiger partial charge is 0.313 e. The molecule has 2 aliphatic heterocycles. The van der Waals surface area contributed by atoms with Crippen LogP contribution >= 0.6 is 15.9 Å². The molecule has 0 N–H and O–H groups in total. The summed E-state index contributed by atoms with van der Waals surface area (Å²) in [5.74, 6) is -0.301. The average molecular weight is 292 g/mol. The number of rotatable bonds is 2. The van der Waals surface area contributed by atoms with Crippen LogP contribution in [0.3, 0.4) is 0 Å². The molecule has 2 heterocycles. The summed E-state index contributed by atoms with van der Waals surface area (Å²) >= 11 is 3.51. The summed E-state index contributed by atoms with van der Waals surface area (Å²) in [5.41, 5.74) is 0. The van der Waals surface area contributed by atoms with Crippen molar-refractivity contribution in [3.05, 3.63) is 0 Å². The van der Waals surface area contributed by atoms with Crippen molar-refractivity contribution in [1.82, 2.24) is 5.06 Å². The minimum atomic E-state index is -0.153. The van der Waals surface area contributed by atoms with E-state index in [2.05, 4.69) is 15.9 Å². The molecule has 2 saturated heterocycles. The fourth-order valence-electron chi connectivity index (χ4n) is 2.66. The zero-order valence-corrected chi connectivity index (χ0v) is 11.3. The van der Waals surface area contributed by atoms with Crippen LogP contribution in [0.4, 0.5) is 0 Å². The fourth-order valence-corrected chi connectivity index (χ4v) is 3.08. The third-order valence-electron chi connectivity index (χ3n) is 3.45. The number of carbonyl (C=O) groups is 1. The fraction of sp³-hybridized carbons (Fsp3) is 0.909.